The highest BCUT2D eigenvalue weighted by atomic mass is 16.6. The van der Waals surface area contributed by atoms with Crippen molar-refractivity contribution in [1.29, 1.82) is 0 Å². The fourth-order valence-corrected chi connectivity index (χ4v) is 1.69. The Hall–Kier alpha value is -2.22. The second-order valence-electron chi connectivity index (χ2n) is 4.39. The number of carbonyl (C=O) groups is 1. The largest absolute Gasteiger partial charge is 0.368 e. The van der Waals surface area contributed by atoms with Crippen LogP contribution in [0.5, 0.6) is 0 Å². The third kappa shape index (κ3) is 3.64. The zero-order chi connectivity index (χ0) is 14.4. The van der Waals surface area contributed by atoms with Crippen molar-refractivity contribution in [2.24, 2.45) is 0 Å². The summed E-state index contributed by atoms with van der Waals surface area (Å²) in [6, 6.07) is 0. The molecule has 2 aromatic rings. The summed E-state index contributed by atoms with van der Waals surface area (Å²) < 4.78 is 0. The molecule has 0 aliphatic rings. The normalized spacial score (nSPS) is 10.8. The summed E-state index contributed by atoms with van der Waals surface area (Å²) >= 11 is 0. The van der Waals surface area contributed by atoms with Gasteiger partial charge in [-0.05, 0) is 6.42 Å². The number of unbranched alkanes of at least 4 members (excludes halogenated alkanes) is 3. The van der Waals surface area contributed by atoms with Gasteiger partial charge in [0, 0.05) is 0 Å². The number of hydrogen-bond acceptors (Lipinski definition) is 6. The van der Waals surface area contributed by atoms with Gasteiger partial charge < -0.3 is 10.7 Å². The lowest BCUT2D eigenvalue weighted by molar-refractivity contribution is 0.0290. The maximum absolute atomic E-state index is 11.8. The smallest absolute Gasteiger partial charge is 0.310 e. The van der Waals surface area contributed by atoms with E-state index in [2.05, 4.69) is 32.3 Å². The fourth-order valence-electron chi connectivity index (χ4n) is 1.69. The van der Waals surface area contributed by atoms with Crippen LogP contribution in [-0.2, 0) is 4.84 Å². The van der Waals surface area contributed by atoms with Gasteiger partial charge in [-0.15, -0.1) is 0 Å². The van der Waals surface area contributed by atoms with Crippen LogP contribution >= 0.6 is 0 Å². The van der Waals surface area contributed by atoms with Gasteiger partial charge in [-0.25, -0.2) is 15.4 Å². The third-order valence-electron chi connectivity index (χ3n) is 2.74. The van der Waals surface area contributed by atoms with Gasteiger partial charge in [0.1, 0.15) is 5.52 Å². The molecular formula is C12H18N6O2. The number of hydrogen-bond donors (Lipinski definition) is 3. The van der Waals surface area contributed by atoms with Crippen LogP contribution in [0.15, 0.2) is 6.20 Å². The van der Waals surface area contributed by atoms with Gasteiger partial charge >= 0.3 is 5.91 Å². The predicted octanol–water partition coefficient (Wildman–Crippen LogP) is 1.18. The van der Waals surface area contributed by atoms with Crippen molar-refractivity contribution in [2.75, 3.05) is 12.3 Å². The molecule has 0 aliphatic carbocycles. The molecule has 0 unspecified atom stereocenters. The van der Waals surface area contributed by atoms with E-state index in [1.54, 1.807) is 0 Å². The van der Waals surface area contributed by atoms with Gasteiger partial charge in [0.15, 0.2) is 5.65 Å². The number of nitrogen functional groups attached to an aromatic ring is 1. The number of rotatable bonds is 7. The summed E-state index contributed by atoms with van der Waals surface area (Å²) in [6.07, 6.45) is 5.81. The molecule has 0 aliphatic heterocycles. The van der Waals surface area contributed by atoms with Crippen molar-refractivity contribution < 1.29 is 9.63 Å². The SMILES string of the molecule is CCCCCCONC(=O)c1nc2nc(N)ncc2[nH]1. The lowest BCUT2D eigenvalue weighted by Gasteiger charge is -2.03. The highest BCUT2D eigenvalue weighted by Crippen LogP contribution is 2.08. The molecule has 0 saturated heterocycles. The maximum atomic E-state index is 11.8. The Kier molecular flexibility index (Phi) is 4.83. The molecule has 4 N–H and O–H groups in total. The first-order valence-electron chi connectivity index (χ1n) is 6.61. The third-order valence-corrected chi connectivity index (χ3v) is 2.74. The van der Waals surface area contributed by atoms with Crippen LogP contribution in [-0.4, -0.2) is 32.4 Å². The summed E-state index contributed by atoms with van der Waals surface area (Å²) in [5.41, 5.74) is 8.69. The van der Waals surface area contributed by atoms with Crippen molar-refractivity contribution in [1.82, 2.24) is 25.4 Å². The highest BCUT2D eigenvalue weighted by Gasteiger charge is 2.12. The molecule has 2 aromatic heterocycles. The van der Waals surface area contributed by atoms with Gasteiger partial charge in [0.25, 0.3) is 0 Å². The van der Waals surface area contributed by atoms with Gasteiger partial charge in [0.05, 0.1) is 12.8 Å². The number of H-pyrrole nitrogens is 1. The Morgan fingerprint density at radius 3 is 3.05 bits per heavy atom. The molecular weight excluding hydrogens is 260 g/mol. The first kappa shape index (κ1) is 14.2. The van der Waals surface area contributed by atoms with E-state index in [1.165, 1.54) is 12.6 Å². The average Bonchev–Trinajstić information content (AvgIpc) is 2.85. The lowest BCUT2D eigenvalue weighted by Crippen LogP contribution is -2.25. The van der Waals surface area contributed by atoms with Crippen LogP contribution in [0.3, 0.4) is 0 Å². The zero-order valence-electron chi connectivity index (χ0n) is 11.3. The summed E-state index contributed by atoms with van der Waals surface area (Å²) in [5, 5.41) is 0. The average molecular weight is 278 g/mol. The molecule has 20 heavy (non-hydrogen) atoms. The van der Waals surface area contributed by atoms with Crippen LogP contribution in [0.2, 0.25) is 0 Å². The van der Waals surface area contributed by atoms with E-state index in [9.17, 15) is 4.79 Å². The molecule has 0 spiro atoms. The van der Waals surface area contributed by atoms with E-state index in [-0.39, 0.29) is 11.8 Å². The van der Waals surface area contributed by atoms with E-state index in [0.29, 0.717) is 17.8 Å². The molecule has 2 heterocycles. The fraction of sp³-hybridized carbons (Fsp3) is 0.500. The van der Waals surface area contributed by atoms with Crippen LogP contribution in [0, 0.1) is 0 Å². The van der Waals surface area contributed by atoms with Crippen LogP contribution in [0.25, 0.3) is 11.2 Å². The second kappa shape index (κ2) is 6.80. The molecule has 0 aromatic carbocycles. The number of anilines is 1. The summed E-state index contributed by atoms with van der Waals surface area (Å²) in [7, 11) is 0. The number of carbonyl (C=O) groups excluding carboxylic acids is 1. The molecule has 0 atom stereocenters. The number of fused-ring (bicyclic) bond motifs is 1. The second-order valence-corrected chi connectivity index (χ2v) is 4.39. The molecule has 108 valence electrons. The molecule has 0 fully saturated rings. The van der Waals surface area contributed by atoms with Gasteiger partial charge in [-0.3, -0.25) is 9.63 Å². The highest BCUT2D eigenvalue weighted by molar-refractivity contribution is 5.92. The summed E-state index contributed by atoms with van der Waals surface area (Å²) in [4.78, 5) is 31.4. The van der Waals surface area contributed by atoms with E-state index in [1.807, 2.05) is 0 Å². The number of aromatic amines is 1. The Bertz CT molecular complexity index is 582. The van der Waals surface area contributed by atoms with Crippen LogP contribution < -0.4 is 11.2 Å². The van der Waals surface area contributed by atoms with Crippen molar-refractivity contribution >= 4 is 23.0 Å². The number of nitrogens with one attached hydrogen (secondary N) is 2. The molecule has 8 heteroatoms. The van der Waals surface area contributed by atoms with Crippen LogP contribution in [0.4, 0.5) is 5.95 Å². The molecule has 0 saturated carbocycles. The molecule has 8 nitrogen and oxygen atoms in total. The van der Waals surface area contributed by atoms with Gasteiger partial charge in [-0.2, -0.15) is 4.98 Å². The number of imidazole rings is 1. The zero-order valence-corrected chi connectivity index (χ0v) is 11.3. The van der Waals surface area contributed by atoms with E-state index < -0.39 is 5.91 Å². The monoisotopic (exact) mass is 278 g/mol. The van der Waals surface area contributed by atoms with Crippen molar-refractivity contribution in [3.63, 3.8) is 0 Å². The van der Waals surface area contributed by atoms with Crippen molar-refractivity contribution in [3.8, 4) is 0 Å². The first-order chi connectivity index (χ1) is 9.70. The quantitative estimate of drug-likeness (QED) is 0.517. The Balaban J connectivity index is 1.85. The first-order valence-corrected chi connectivity index (χ1v) is 6.61. The van der Waals surface area contributed by atoms with Crippen molar-refractivity contribution in [3.05, 3.63) is 12.0 Å². The Labute approximate surface area is 116 Å². The lowest BCUT2D eigenvalue weighted by atomic mass is 10.2. The molecule has 0 bridgehead atoms. The maximum Gasteiger partial charge on any atom is 0.310 e. The number of aromatic nitrogens is 4. The number of hydroxylamine groups is 1. The van der Waals surface area contributed by atoms with E-state index >= 15 is 0 Å². The molecule has 2 rings (SSSR count). The standard InChI is InChI=1S/C12H18N6O2/c1-2-3-4-5-6-20-18-11(19)10-15-8-7-14-12(13)17-9(8)16-10/h7H,2-6H2,1H3,(H,18,19)(H3,13,14,15,16,17). The van der Waals surface area contributed by atoms with E-state index in [4.69, 9.17) is 10.6 Å². The predicted molar refractivity (Wildman–Crippen MR) is 73.7 cm³/mol. The molecule has 0 radical (unpaired) electrons. The Morgan fingerprint density at radius 1 is 1.40 bits per heavy atom. The molecule has 1 amide bonds. The van der Waals surface area contributed by atoms with Gasteiger partial charge in [-0.1, -0.05) is 26.2 Å². The number of amides is 1. The Morgan fingerprint density at radius 2 is 2.25 bits per heavy atom. The summed E-state index contributed by atoms with van der Waals surface area (Å²) in [5.74, 6) is -0.214. The number of nitrogens with zero attached hydrogens (tertiary/aromatic N) is 3. The summed E-state index contributed by atoms with van der Waals surface area (Å²) in [6.45, 7) is 2.62. The minimum Gasteiger partial charge on any atom is -0.368 e. The van der Waals surface area contributed by atoms with Crippen LogP contribution in [0.1, 0.15) is 43.2 Å². The van der Waals surface area contributed by atoms with Crippen molar-refractivity contribution in [2.45, 2.75) is 32.6 Å². The minimum absolute atomic E-state index is 0.114. The number of nitrogens with two attached hydrogens (primary N) is 1. The minimum atomic E-state index is -0.447. The topological polar surface area (TPSA) is 119 Å². The van der Waals surface area contributed by atoms with E-state index in [0.717, 1.165) is 19.3 Å². The van der Waals surface area contributed by atoms with Gasteiger partial charge in [0.2, 0.25) is 11.8 Å².